The number of benzene rings is 1. The van der Waals surface area contributed by atoms with Crippen molar-refractivity contribution >= 4 is 21.9 Å². The lowest BCUT2D eigenvalue weighted by molar-refractivity contribution is -0.137. The molecular weight excluding hydrogens is 346 g/mol. The van der Waals surface area contributed by atoms with Crippen molar-refractivity contribution < 1.29 is 9.90 Å². The number of nitrogens with zero attached hydrogens (tertiary/aromatic N) is 3. The molecule has 0 radical (unpaired) electrons. The van der Waals surface area contributed by atoms with Crippen LogP contribution in [0.5, 0.6) is 0 Å². The van der Waals surface area contributed by atoms with Gasteiger partial charge in [-0.3, -0.25) is 4.79 Å². The third kappa shape index (κ3) is 3.96. The van der Waals surface area contributed by atoms with Crippen molar-refractivity contribution in [2.45, 2.75) is 26.8 Å². The number of carbonyl (C=O) groups is 1. The number of carboxylic acids is 1. The van der Waals surface area contributed by atoms with Crippen LogP contribution >= 0.6 is 15.9 Å². The van der Waals surface area contributed by atoms with Gasteiger partial charge in [0.2, 0.25) is 0 Å². The van der Waals surface area contributed by atoms with Crippen LogP contribution in [0.15, 0.2) is 28.7 Å². The summed E-state index contributed by atoms with van der Waals surface area (Å²) < 4.78 is 2.97. The second-order valence-corrected chi connectivity index (χ2v) is 6.33. The highest BCUT2D eigenvalue weighted by Gasteiger charge is 2.14. The Hall–Kier alpha value is -1.66. The fraction of sp³-hybridized carbons (Fsp3) is 0.375. The summed E-state index contributed by atoms with van der Waals surface area (Å²) in [6, 6.07) is 8.01. The molecule has 0 fully saturated rings. The summed E-state index contributed by atoms with van der Waals surface area (Å²) in [6.07, 6.45) is 0.148. The maximum Gasteiger partial charge on any atom is 0.304 e. The molecular formula is C16H20BrN3O2. The van der Waals surface area contributed by atoms with Crippen LogP contribution in [0.3, 0.4) is 0 Å². The zero-order valence-electron chi connectivity index (χ0n) is 13.0. The Morgan fingerprint density at radius 1 is 1.32 bits per heavy atom. The number of rotatable bonds is 6. The normalized spacial score (nSPS) is 11.1. The van der Waals surface area contributed by atoms with Gasteiger partial charge < -0.3 is 10.0 Å². The van der Waals surface area contributed by atoms with Gasteiger partial charge in [-0.25, -0.2) is 4.68 Å². The van der Waals surface area contributed by atoms with E-state index in [2.05, 4.69) is 21.0 Å². The molecule has 0 aliphatic carbocycles. The Labute approximate surface area is 138 Å². The van der Waals surface area contributed by atoms with E-state index in [0.29, 0.717) is 13.1 Å². The summed E-state index contributed by atoms with van der Waals surface area (Å²) in [5, 5.41) is 13.4. The predicted octanol–water partition coefficient (Wildman–Crippen LogP) is 3.16. The summed E-state index contributed by atoms with van der Waals surface area (Å²) in [4.78, 5) is 12.7. The van der Waals surface area contributed by atoms with Gasteiger partial charge in [0.05, 0.1) is 17.8 Å². The van der Waals surface area contributed by atoms with Crippen LogP contribution in [-0.2, 0) is 11.3 Å². The summed E-state index contributed by atoms with van der Waals surface area (Å²) in [5.41, 5.74) is 4.23. The largest absolute Gasteiger partial charge is 0.481 e. The van der Waals surface area contributed by atoms with Crippen molar-refractivity contribution in [3.8, 4) is 5.69 Å². The summed E-state index contributed by atoms with van der Waals surface area (Å²) in [5.74, 6) is -0.772. The quantitative estimate of drug-likeness (QED) is 0.853. The van der Waals surface area contributed by atoms with Gasteiger partial charge in [0.1, 0.15) is 0 Å². The van der Waals surface area contributed by atoms with Gasteiger partial charge >= 0.3 is 5.97 Å². The lowest BCUT2D eigenvalue weighted by Crippen LogP contribution is -2.22. The number of hydrogen-bond acceptors (Lipinski definition) is 3. The molecule has 2 rings (SSSR count). The van der Waals surface area contributed by atoms with Gasteiger partial charge in [0.25, 0.3) is 0 Å². The number of halogens is 1. The Bertz CT molecular complexity index is 665. The molecule has 2 aromatic rings. The second-order valence-electron chi connectivity index (χ2n) is 5.42. The third-order valence-electron chi connectivity index (χ3n) is 3.65. The first-order valence-corrected chi connectivity index (χ1v) is 7.89. The van der Waals surface area contributed by atoms with Crippen molar-refractivity contribution in [3.63, 3.8) is 0 Å². The van der Waals surface area contributed by atoms with Gasteiger partial charge in [-0.05, 0) is 45.2 Å². The molecule has 0 amide bonds. The van der Waals surface area contributed by atoms with E-state index in [1.54, 1.807) is 0 Å². The van der Waals surface area contributed by atoms with Crippen molar-refractivity contribution in [1.82, 2.24) is 14.7 Å². The van der Waals surface area contributed by atoms with Crippen LogP contribution in [0.1, 0.15) is 23.4 Å². The molecule has 0 atom stereocenters. The molecule has 5 nitrogen and oxygen atoms in total. The maximum absolute atomic E-state index is 10.7. The fourth-order valence-electron chi connectivity index (χ4n) is 2.37. The van der Waals surface area contributed by atoms with E-state index in [1.165, 1.54) is 0 Å². The first-order chi connectivity index (χ1) is 10.4. The van der Waals surface area contributed by atoms with E-state index in [4.69, 9.17) is 5.11 Å². The fourth-order valence-corrected chi connectivity index (χ4v) is 2.64. The highest BCUT2D eigenvalue weighted by molar-refractivity contribution is 9.10. The first-order valence-electron chi connectivity index (χ1n) is 7.10. The van der Waals surface area contributed by atoms with E-state index in [-0.39, 0.29) is 6.42 Å². The number of aliphatic carboxylic acids is 1. The molecule has 1 aromatic heterocycles. The van der Waals surface area contributed by atoms with Crippen LogP contribution in [-0.4, -0.2) is 39.3 Å². The molecule has 0 unspecified atom stereocenters. The van der Waals surface area contributed by atoms with E-state index < -0.39 is 5.97 Å². The summed E-state index contributed by atoms with van der Waals surface area (Å²) >= 11 is 3.43. The topological polar surface area (TPSA) is 58.4 Å². The predicted molar refractivity (Wildman–Crippen MR) is 89.3 cm³/mol. The maximum atomic E-state index is 10.7. The van der Waals surface area contributed by atoms with Crippen LogP contribution in [0.4, 0.5) is 0 Å². The smallest absolute Gasteiger partial charge is 0.304 e. The molecule has 1 N–H and O–H groups in total. The van der Waals surface area contributed by atoms with E-state index in [0.717, 1.165) is 27.1 Å². The molecule has 1 aromatic carbocycles. The van der Waals surface area contributed by atoms with Crippen LogP contribution in [0.2, 0.25) is 0 Å². The molecule has 0 aliphatic heterocycles. The number of aromatic nitrogens is 2. The van der Waals surface area contributed by atoms with Crippen molar-refractivity contribution in [2.75, 3.05) is 13.6 Å². The van der Waals surface area contributed by atoms with Gasteiger partial charge in [-0.2, -0.15) is 5.10 Å². The van der Waals surface area contributed by atoms with Gasteiger partial charge in [0.15, 0.2) is 0 Å². The SMILES string of the molecule is Cc1nn(-c2ccc(Br)cc2)c(C)c1CN(C)CCC(=O)O. The number of aryl methyl sites for hydroxylation is 1. The lowest BCUT2D eigenvalue weighted by atomic mass is 10.2. The average Bonchev–Trinajstić information content (AvgIpc) is 2.74. The molecule has 22 heavy (non-hydrogen) atoms. The minimum absolute atomic E-state index is 0.148. The van der Waals surface area contributed by atoms with Crippen LogP contribution in [0, 0.1) is 13.8 Å². The van der Waals surface area contributed by atoms with Crippen LogP contribution in [0.25, 0.3) is 5.69 Å². The molecule has 0 saturated heterocycles. The second kappa shape index (κ2) is 7.07. The minimum Gasteiger partial charge on any atom is -0.481 e. The molecule has 0 bridgehead atoms. The highest BCUT2D eigenvalue weighted by Crippen LogP contribution is 2.20. The van der Waals surface area contributed by atoms with Crippen LogP contribution < -0.4 is 0 Å². The van der Waals surface area contributed by atoms with E-state index in [9.17, 15) is 4.79 Å². The molecule has 118 valence electrons. The van der Waals surface area contributed by atoms with E-state index in [1.807, 2.05) is 54.7 Å². The molecule has 6 heteroatoms. The third-order valence-corrected chi connectivity index (χ3v) is 4.18. The Balaban J connectivity index is 2.20. The molecule has 1 heterocycles. The molecule has 0 spiro atoms. The minimum atomic E-state index is -0.772. The Kier molecular flexibility index (Phi) is 5.37. The molecule has 0 saturated carbocycles. The Morgan fingerprint density at radius 2 is 1.95 bits per heavy atom. The monoisotopic (exact) mass is 365 g/mol. The standard InChI is InChI=1S/C16H20BrN3O2/c1-11-15(10-19(3)9-8-16(21)22)12(2)20(18-11)14-6-4-13(17)5-7-14/h4-7H,8-10H2,1-3H3,(H,21,22). The molecule has 0 aliphatic rings. The van der Waals surface area contributed by atoms with Gasteiger partial charge in [0, 0.05) is 28.8 Å². The number of carboxylic acid groups (broad SMARTS) is 1. The van der Waals surface area contributed by atoms with Crippen molar-refractivity contribution in [2.24, 2.45) is 0 Å². The summed E-state index contributed by atoms with van der Waals surface area (Å²) in [7, 11) is 1.93. The first kappa shape index (κ1) is 16.7. The van der Waals surface area contributed by atoms with Crippen molar-refractivity contribution in [3.05, 3.63) is 45.7 Å². The van der Waals surface area contributed by atoms with E-state index >= 15 is 0 Å². The zero-order chi connectivity index (χ0) is 16.3. The van der Waals surface area contributed by atoms with Crippen molar-refractivity contribution in [1.29, 1.82) is 0 Å². The lowest BCUT2D eigenvalue weighted by Gasteiger charge is -2.15. The highest BCUT2D eigenvalue weighted by atomic mass is 79.9. The van der Waals surface area contributed by atoms with Gasteiger partial charge in [-0.1, -0.05) is 15.9 Å². The number of hydrogen-bond donors (Lipinski definition) is 1. The zero-order valence-corrected chi connectivity index (χ0v) is 14.6. The van der Waals surface area contributed by atoms with Gasteiger partial charge in [-0.15, -0.1) is 0 Å². The average molecular weight is 366 g/mol. The summed E-state index contributed by atoms with van der Waals surface area (Å²) in [6.45, 7) is 5.25. The Morgan fingerprint density at radius 3 is 2.55 bits per heavy atom.